The lowest BCUT2D eigenvalue weighted by Crippen LogP contribution is -2.49. The fourth-order valence-corrected chi connectivity index (χ4v) is 4.00. The van der Waals surface area contributed by atoms with E-state index in [1.807, 2.05) is 53.4 Å². The molecule has 170 valence electrons. The summed E-state index contributed by atoms with van der Waals surface area (Å²) in [7, 11) is 0. The Bertz CT molecular complexity index is 1080. The van der Waals surface area contributed by atoms with Crippen LogP contribution in [0, 0.1) is 5.82 Å². The van der Waals surface area contributed by atoms with Gasteiger partial charge in [-0.25, -0.2) is 4.39 Å². The van der Waals surface area contributed by atoms with E-state index in [-0.39, 0.29) is 17.6 Å². The van der Waals surface area contributed by atoms with Gasteiger partial charge in [0.25, 0.3) is 5.91 Å². The summed E-state index contributed by atoms with van der Waals surface area (Å²) < 4.78 is 14.0. The minimum atomic E-state index is -0.236. The second-order valence-electron chi connectivity index (χ2n) is 8.19. The summed E-state index contributed by atoms with van der Waals surface area (Å²) in [5.74, 6) is -0.256. The molecule has 3 aromatic rings. The lowest BCUT2D eigenvalue weighted by atomic mass is 10.1. The molecule has 1 aliphatic rings. The maximum absolute atomic E-state index is 14.0. The zero-order valence-corrected chi connectivity index (χ0v) is 18.5. The average Bonchev–Trinajstić information content (AvgIpc) is 2.87. The third-order valence-corrected chi connectivity index (χ3v) is 5.93. The fourth-order valence-electron chi connectivity index (χ4n) is 4.00. The first kappa shape index (κ1) is 22.5. The number of hydrogen-bond donors (Lipinski definition) is 1. The van der Waals surface area contributed by atoms with Crippen molar-refractivity contribution < 1.29 is 14.0 Å². The van der Waals surface area contributed by atoms with E-state index in [0.29, 0.717) is 56.8 Å². The van der Waals surface area contributed by atoms with Gasteiger partial charge in [-0.15, -0.1) is 0 Å². The van der Waals surface area contributed by atoms with Crippen LogP contribution in [-0.2, 0) is 17.8 Å². The van der Waals surface area contributed by atoms with Crippen LogP contribution in [0.1, 0.15) is 27.9 Å². The molecule has 0 atom stereocenters. The number of rotatable bonds is 7. The van der Waals surface area contributed by atoms with Gasteiger partial charge < -0.3 is 15.1 Å². The number of carbonyl (C=O) groups is 2. The van der Waals surface area contributed by atoms with Gasteiger partial charge in [0.1, 0.15) is 5.82 Å². The summed E-state index contributed by atoms with van der Waals surface area (Å²) in [6.45, 7) is 2.72. The SMILES string of the molecule is O=C(CCc1ccccc1)NCc1ccc(C(=O)N2CCN(c3ccccc3F)CC2)cc1. The third-order valence-electron chi connectivity index (χ3n) is 5.93. The van der Waals surface area contributed by atoms with Crippen LogP contribution in [0.25, 0.3) is 0 Å². The number of amides is 2. The predicted molar refractivity (Wildman–Crippen MR) is 128 cm³/mol. The van der Waals surface area contributed by atoms with Crippen molar-refractivity contribution in [3.05, 3.63) is 101 Å². The minimum absolute atomic E-state index is 0.00623. The van der Waals surface area contributed by atoms with Gasteiger partial charge in [-0.05, 0) is 41.8 Å². The molecule has 1 N–H and O–H groups in total. The normalized spacial score (nSPS) is 13.6. The number of halogens is 1. The monoisotopic (exact) mass is 445 g/mol. The van der Waals surface area contributed by atoms with Gasteiger partial charge in [0.05, 0.1) is 5.69 Å². The van der Waals surface area contributed by atoms with Crippen LogP contribution >= 0.6 is 0 Å². The first-order chi connectivity index (χ1) is 16.1. The molecule has 33 heavy (non-hydrogen) atoms. The molecule has 2 amide bonds. The molecule has 4 rings (SSSR count). The number of aryl methyl sites for hydroxylation is 1. The van der Waals surface area contributed by atoms with Crippen molar-refractivity contribution in [2.75, 3.05) is 31.1 Å². The van der Waals surface area contributed by atoms with E-state index >= 15 is 0 Å². The van der Waals surface area contributed by atoms with Gasteiger partial charge in [-0.1, -0.05) is 54.6 Å². The predicted octanol–water partition coefficient (Wildman–Crippen LogP) is 4.04. The Kier molecular flexibility index (Phi) is 7.35. The van der Waals surface area contributed by atoms with E-state index in [2.05, 4.69) is 5.32 Å². The smallest absolute Gasteiger partial charge is 0.253 e. The van der Waals surface area contributed by atoms with Crippen molar-refractivity contribution in [2.45, 2.75) is 19.4 Å². The van der Waals surface area contributed by atoms with Crippen LogP contribution < -0.4 is 10.2 Å². The molecule has 0 aliphatic carbocycles. The largest absolute Gasteiger partial charge is 0.366 e. The maximum Gasteiger partial charge on any atom is 0.253 e. The Labute approximate surface area is 193 Å². The number of piperazine rings is 1. The molecular formula is C27H28FN3O2. The van der Waals surface area contributed by atoms with Crippen molar-refractivity contribution in [1.82, 2.24) is 10.2 Å². The Hall–Kier alpha value is -3.67. The van der Waals surface area contributed by atoms with E-state index in [4.69, 9.17) is 0 Å². The Balaban J connectivity index is 1.24. The van der Waals surface area contributed by atoms with E-state index in [9.17, 15) is 14.0 Å². The summed E-state index contributed by atoms with van der Waals surface area (Å²) in [6.07, 6.45) is 1.16. The van der Waals surface area contributed by atoms with Crippen LogP contribution in [0.5, 0.6) is 0 Å². The van der Waals surface area contributed by atoms with Crippen molar-refractivity contribution in [3.63, 3.8) is 0 Å². The molecule has 1 fully saturated rings. The van der Waals surface area contributed by atoms with E-state index in [1.54, 1.807) is 29.2 Å². The number of benzene rings is 3. The molecule has 0 spiro atoms. The highest BCUT2D eigenvalue weighted by Gasteiger charge is 2.23. The number of carbonyl (C=O) groups excluding carboxylic acids is 2. The van der Waals surface area contributed by atoms with Gasteiger partial charge >= 0.3 is 0 Å². The summed E-state index contributed by atoms with van der Waals surface area (Å²) in [6, 6.07) is 24.0. The van der Waals surface area contributed by atoms with Crippen LogP contribution in [0.3, 0.4) is 0 Å². The highest BCUT2D eigenvalue weighted by molar-refractivity contribution is 5.94. The number of nitrogens with zero attached hydrogens (tertiary/aromatic N) is 2. The number of anilines is 1. The molecule has 1 saturated heterocycles. The van der Waals surface area contributed by atoms with E-state index in [1.165, 1.54) is 6.07 Å². The summed E-state index contributed by atoms with van der Waals surface area (Å²) in [4.78, 5) is 28.8. The number of para-hydroxylation sites is 1. The van der Waals surface area contributed by atoms with E-state index in [0.717, 1.165) is 11.1 Å². The Morgan fingerprint density at radius 3 is 2.15 bits per heavy atom. The molecule has 0 saturated carbocycles. The number of hydrogen-bond acceptors (Lipinski definition) is 3. The maximum atomic E-state index is 14.0. The van der Waals surface area contributed by atoms with Gasteiger partial charge in [-0.3, -0.25) is 9.59 Å². The first-order valence-corrected chi connectivity index (χ1v) is 11.3. The van der Waals surface area contributed by atoms with Crippen molar-refractivity contribution >= 4 is 17.5 Å². The van der Waals surface area contributed by atoms with Gasteiger partial charge in [0, 0.05) is 44.7 Å². The quantitative estimate of drug-likeness (QED) is 0.597. The molecule has 0 radical (unpaired) electrons. The van der Waals surface area contributed by atoms with Gasteiger partial charge in [0.15, 0.2) is 0 Å². The summed E-state index contributed by atoms with van der Waals surface area (Å²) in [5, 5.41) is 2.94. The van der Waals surface area contributed by atoms with Gasteiger partial charge in [-0.2, -0.15) is 0 Å². The Morgan fingerprint density at radius 1 is 0.788 bits per heavy atom. The first-order valence-electron chi connectivity index (χ1n) is 11.3. The topological polar surface area (TPSA) is 52.7 Å². The molecule has 5 nitrogen and oxygen atoms in total. The zero-order chi connectivity index (χ0) is 23.0. The summed E-state index contributed by atoms with van der Waals surface area (Å²) >= 11 is 0. The van der Waals surface area contributed by atoms with Crippen LogP contribution in [0.15, 0.2) is 78.9 Å². The molecule has 1 heterocycles. The standard InChI is InChI=1S/C27H28FN3O2/c28-24-8-4-5-9-25(24)30-16-18-31(19-17-30)27(33)23-13-10-22(11-14-23)20-29-26(32)15-12-21-6-2-1-3-7-21/h1-11,13-14H,12,15-20H2,(H,29,32). The summed E-state index contributed by atoms with van der Waals surface area (Å²) in [5.41, 5.74) is 3.29. The van der Waals surface area contributed by atoms with Crippen LogP contribution in [-0.4, -0.2) is 42.9 Å². The van der Waals surface area contributed by atoms with E-state index < -0.39 is 0 Å². The van der Waals surface area contributed by atoms with Crippen molar-refractivity contribution in [2.24, 2.45) is 0 Å². The number of nitrogens with one attached hydrogen (secondary N) is 1. The molecule has 0 aromatic heterocycles. The van der Waals surface area contributed by atoms with Crippen LogP contribution in [0.2, 0.25) is 0 Å². The minimum Gasteiger partial charge on any atom is -0.366 e. The second kappa shape index (κ2) is 10.8. The molecule has 1 aliphatic heterocycles. The lowest BCUT2D eigenvalue weighted by molar-refractivity contribution is -0.121. The van der Waals surface area contributed by atoms with Crippen LogP contribution in [0.4, 0.5) is 10.1 Å². The molecular weight excluding hydrogens is 417 g/mol. The highest BCUT2D eigenvalue weighted by Crippen LogP contribution is 2.21. The van der Waals surface area contributed by atoms with Crippen molar-refractivity contribution in [1.29, 1.82) is 0 Å². The zero-order valence-electron chi connectivity index (χ0n) is 18.5. The fraction of sp³-hybridized carbons (Fsp3) is 0.259. The third kappa shape index (κ3) is 5.98. The molecule has 0 unspecified atom stereocenters. The molecule has 0 bridgehead atoms. The highest BCUT2D eigenvalue weighted by atomic mass is 19.1. The Morgan fingerprint density at radius 2 is 1.45 bits per heavy atom. The average molecular weight is 446 g/mol. The van der Waals surface area contributed by atoms with Gasteiger partial charge in [0.2, 0.25) is 5.91 Å². The lowest BCUT2D eigenvalue weighted by Gasteiger charge is -2.36. The molecule has 6 heteroatoms. The van der Waals surface area contributed by atoms with Crippen molar-refractivity contribution in [3.8, 4) is 0 Å². The second-order valence-corrected chi connectivity index (χ2v) is 8.19. The molecule has 3 aromatic carbocycles.